The van der Waals surface area contributed by atoms with Gasteiger partial charge in [0, 0.05) is 13.1 Å². The highest BCUT2D eigenvalue weighted by Gasteiger charge is 2.46. The number of nitrogens with one attached hydrogen (secondary N) is 1. The normalized spacial score (nSPS) is 29.7. The summed E-state index contributed by atoms with van der Waals surface area (Å²) in [6.07, 6.45) is 1.74. The molecule has 6 nitrogen and oxygen atoms in total. The third-order valence-corrected chi connectivity index (χ3v) is 6.13. The number of hydrogen-bond donors (Lipinski definition) is 1. The van der Waals surface area contributed by atoms with Gasteiger partial charge in [-0.15, -0.1) is 0 Å². The molecule has 1 atom stereocenters. The van der Waals surface area contributed by atoms with Gasteiger partial charge in [0.1, 0.15) is 10.8 Å². The van der Waals surface area contributed by atoms with Gasteiger partial charge in [0.25, 0.3) is 0 Å². The van der Waals surface area contributed by atoms with E-state index in [1.807, 2.05) is 0 Å². The first kappa shape index (κ1) is 14.3. The molecule has 2 aliphatic rings. The van der Waals surface area contributed by atoms with E-state index in [1.54, 1.807) is 13.8 Å². The molecule has 0 spiro atoms. The molecule has 2 rings (SSSR count). The molecule has 0 aromatic rings. The lowest BCUT2D eigenvalue weighted by molar-refractivity contribution is -0.149. The molecular weight excluding hydrogens is 268 g/mol. The summed E-state index contributed by atoms with van der Waals surface area (Å²) in [4.78, 5) is 25.7. The van der Waals surface area contributed by atoms with Gasteiger partial charge >= 0.3 is 0 Å². The fourth-order valence-electron chi connectivity index (χ4n) is 2.69. The van der Waals surface area contributed by atoms with E-state index < -0.39 is 26.5 Å². The summed E-state index contributed by atoms with van der Waals surface area (Å²) in [5.74, 6) is -0.580. The number of rotatable bonds is 1. The molecule has 2 saturated heterocycles. The lowest BCUT2D eigenvalue weighted by Crippen LogP contribution is -2.65. The van der Waals surface area contributed by atoms with Crippen LogP contribution in [0.4, 0.5) is 0 Å². The molecule has 7 heteroatoms. The van der Waals surface area contributed by atoms with Gasteiger partial charge in [-0.2, -0.15) is 0 Å². The van der Waals surface area contributed by atoms with Gasteiger partial charge in [-0.25, -0.2) is 8.42 Å². The van der Waals surface area contributed by atoms with Crippen molar-refractivity contribution in [1.82, 2.24) is 10.2 Å². The monoisotopic (exact) mass is 288 g/mol. The largest absolute Gasteiger partial charge is 0.352 e. The molecule has 1 unspecified atom stereocenters. The highest BCUT2D eigenvalue weighted by Crippen LogP contribution is 2.26. The van der Waals surface area contributed by atoms with E-state index in [1.165, 1.54) is 4.90 Å². The number of nitrogens with zero attached hydrogens (tertiary/aromatic N) is 1. The molecular formula is C12H20N2O4S. The fraction of sp³-hybridized carbons (Fsp3) is 0.833. The first-order chi connectivity index (χ1) is 8.77. The summed E-state index contributed by atoms with van der Waals surface area (Å²) in [5, 5.41) is 1.73. The molecule has 0 aliphatic carbocycles. The number of amides is 2. The summed E-state index contributed by atoms with van der Waals surface area (Å²) in [6, 6.07) is 0. The molecule has 19 heavy (non-hydrogen) atoms. The maximum Gasteiger partial charge on any atom is 0.245 e. The maximum atomic E-state index is 12.5. The van der Waals surface area contributed by atoms with E-state index in [-0.39, 0.29) is 11.7 Å². The van der Waals surface area contributed by atoms with E-state index in [0.29, 0.717) is 25.9 Å². The summed E-state index contributed by atoms with van der Waals surface area (Å²) in [6.45, 7) is 4.04. The van der Waals surface area contributed by atoms with Gasteiger partial charge in [-0.05, 0) is 26.7 Å². The second-order valence-electron chi connectivity index (χ2n) is 5.66. The van der Waals surface area contributed by atoms with Crippen molar-refractivity contribution in [3.05, 3.63) is 0 Å². The summed E-state index contributed by atoms with van der Waals surface area (Å²) < 4.78 is 24.0. The van der Waals surface area contributed by atoms with E-state index in [0.717, 1.165) is 6.42 Å². The number of hydrogen-bond acceptors (Lipinski definition) is 4. The van der Waals surface area contributed by atoms with Crippen molar-refractivity contribution < 1.29 is 18.0 Å². The minimum absolute atomic E-state index is 0.0733. The third kappa shape index (κ3) is 2.48. The van der Waals surface area contributed by atoms with E-state index >= 15 is 0 Å². The molecule has 0 bridgehead atoms. The van der Waals surface area contributed by atoms with Crippen LogP contribution in [0.3, 0.4) is 0 Å². The lowest BCUT2D eigenvalue weighted by Gasteiger charge is -2.42. The Morgan fingerprint density at radius 2 is 2.05 bits per heavy atom. The molecule has 108 valence electrons. The SMILES string of the molecule is CC1(C)C(=O)NCCN1C(=O)C1CCCCS1(=O)=O. The highest BCUT2D eigenvalue weighted by atomic mass is 32.2. The maximum absolute atomic E-state index is 12.5. The van der Waals surface area contributed by atoms with Crippen LogP contribution in [0.2, 0.25) is 0 Å². The van der Waals surface area contributed by atoms with Crippen molar-refractivity contribution >= 4 is 21.7 Å². The van der Waals surface area contributed by atoms with Crippen LogP contribution in [0, 0.1) is 0 Å². The minimum atomic E-state index is -3.36. The summed E-state index contributed by atoms with van der Waals surface area (Å²) >= 11 is 0. The Kier molecular flexibility index (Phi) is 3.59. The Balaban J connectivity index is 2.26. The minimum Gasteiger partial charge on any atom is -0.352 e. The molecule has 0 aromatic heterocycles. The van der Waals surface area contributed by atoms with Gasteiger partial charge in [-0.1, -0.05) is 6.42 Å². The second kappa shape index (κ2) is 4.77. The first-order valence-corrected chi connectivity index (χ1v) is 8.30. The zero-order valence-corrected chi connectivity index (χ0v) is 12.1. The molecule has 2 fully saturated rings. The van der Waals surface area contributed by atoms with Crippen LogP contribution in [0.25, 0.3) is 0 Å². The van der Waals surface area contributed by atoms with E-state index in [9.17, 15) is 18.0 Å². The average molecular weight is 288 g/mol. The van der Waals surface area contributed by atoms with Gasteiger partial charge in [-0.3, -0.25) is 9.59 Å². The van der Waals surface area contributed by atoms with Gasteiger partial charge in [0.2, 0.25) is 11.8 Å². The smallest absolute Gasteiger partial charge is 0.245 e. The Labute approximate surface area is 113 Å². The Bertz CT molecular complexity index is 498. The van der Waals surface area contributed by atoms with Crippen LogP contribution in [0.1, 0.15) is 33.1 Å². The zero-order valence-electron chi connectivity index (χ0n) is 11.3. The van der Waals surface area contributed by atoms with Crippen molar-refractivity contribution in [1.29, 1.82) is 0 Å². The van der Waals surface area contributed by atoms with E-state index in [4.69, 9.17) is 0 Å². The van der Waals surface area contributed by atoms with Crippen molar-refractivity contribution in [2.75, 3.05) is 18.8 Å². The summed E-state index contributed by atoms with van der Waals surface area (Å²) in [5.41, 5.74) is -0.984. The highest BCUT2D eigenvalue weighted by molar-refractivity contribution is 7.92. The van der Waals surface area contributed by atoms with Crippen LogP contribution in [-0.2, 0) is 19.4 Å². The average Bonchev–Trinajstić information content (AvgIpc) is 2.31. The van der Waals surface area contributed by atoms with Crippen molar-refractivity contribution in [2.24, 2.45) is 0 Å². The predicted molar refractivity (Wildman–Crippen MR) is 70.2 cm³/mol. The number of carbonyl (C=O) groups excluding carboxylic acids is 2. The van der Waals surface area contributed by atoms with Crippen molar-refractivity contribution in [3.63, 3.8) is 0 Å². The van der Waals surface area contributed by atoms with Gasteiger partial charge < -0.3 is 10.2 Å². The number of carbonyl (C=O) groups is 2. The summed E-state index contributed by atoms with van der Waals surface area (Å²) in [7, 11) is -3.36. The Morgan fingerprint density at radius 1 is 1.37 bits per heavy atom. The molecule has 2 aliphatic heterocycles. The third-order valence-electron chi connectivity index (χ3n) is 3.97. The molecule has 0 saturated carbocycles. The van der Waals surface area contributed by atoms with Crippen LogP contribution in [0.15, 0.2) is 0 Å². The standard InChI is InChI=1S/C12H20N2O4S/c1-12(2)11(16)13-6-7-14(12)10(15)9-5-3-4-8-19(9,17)18/h9H,3-8H2,1-2H3,(H,13,16). The van der Waals surface area contributed by atoms with Crippen LogP contribution in [0.5, 0.6) is 0 Å². The van der Waals surface area contributed by atoms with Gasteiger partial charge in [0.15, 0.2) is 9.84 Å². The van der Waals surface area contributed by atoms with Crippen molar-refractivity contribution in [3.8, 4) is 0 Å². The lowest BCUT2D eigenvalue weighted by atomic mass is 9.98. The zero-order chi connectivity index (χ0) is 14.3. The second-order valence-corrected chi connectivity index (χ2v) is 7.96. The molecule has 0 radical (unpaired) electrons. The molecule has 2 heterocycles. The Morgan fingerprint density at radius 3 is 2.68 bits per heavy atom. The fourth-order valence-corrected chi connectivity index (χ4v) is 4.54. The quantitative estimate of drug-likeness (QED) is 0.717. The topological polar surface area (TPSA) is 83.6 Å². The predicted octanol–water partition coefficient (Wildman–Crippen LogP) is -0.309. The van der Waals surface area contributed by atoms with Crippen molar-refractivity contribution in [2.45, 2.75) is 43.9 Å². The van der Waals surface area contributed by atoms with E-state index in [2.05, 4.69) is 5.32 Å². The Hall–Kier alpha value is -1.11. The van der Waals surface area contributed by atoms with Crippen LogP contribution >= 0.6 is 0 Å². The molecule has 1 N–H and O–H groups in total. The number of piperazine rings is 1. The van der Waals surface area contributed by atoms with Crippen LogP contribution in [-0.4, -0.2) is 54.8 Å². The van der Waals surface area contributed by atoms with Gasteiger partial charge in [0.05, 0.1) is 5.75 Å². The first-order valence-electron chi connectivity index (χ1n) is 6.58. The molecule has 2 amide bonds. The van der Waals surface area contributed by atoms with Crippen LogP contribution < -0.4 is 5.32 Å². The molecule has 0 aromatic carbocycles. The number of sulfone groups is 1.